The Morgan fingerprint density at radius 1 is 1.03 bits per heavy atom. The summed E-state index contributed by atoms with van der Waals surface area (Å²) in [6.07, 6.45) is -3.03. The Bertz CT molecular complexity index is 1430. The Morgan fingerprint density at radius 2 is 1.82 bits per heavy atom. The van der Waals surface area contributed by atoms with Crippen LogP contribution in [0.15, 0.2) is 60.9 Å². The van der Waals surface area contributed by atoms with Gasteiger partial charge in [-0.05, 0) is 35.7 Å². The van der Waals surface area contributed by atoms with Crippen molar-refractivity contribution in [2.24, 2.45) is 0 Å². The van der Waals surface area contributed by atoms with E-state index >= 15 is 0 Å². The molecule has 4 aromatic rings. The number of para-hydroxylation sites is 1. The van der Waals surface area contributed by atoms with Crippen molar-refractivity contribution in [2.75, 3.05) is 25.6 Å². The molecule has 11 nitrogen and oxygen atoms in total. The number of aromatic nitrogens is 4. The summed E-state index contributed by atoms with van der Waals surface area (Å²) in [7, 11) is 1.61. The number of methoxy groups -OCH3 is 1. The zero-order valence-electron chi connectivity index (χ0n) is 20.6. The SMILES string of the molecule is COc1ccc(CNc2nc(C#CCOc3ccccc3)nc3c2ncn3[C@@H]2OC(CO)[C@@H](O)[C@H]2O)cc1. The van der Waals surface area contributed by atoms with E-state index in [1.54, 1.807) is 7.11 Å². The molecule has 11 heteroatoms. The Hall–Kier alpha value is -4.21. The molecule has 1 fully saturated rings. The molecule has 4 atom stereocenters. The summed E-state index contributed by atoms with van der Waals surface area (Å²) < 4.78 is 18.0. The van der Waals surface area contributed by atoms with Gasteiger partial charge in [0.2, 0.25) is 5.82 Å². The zero-order valence-corrected chi connectivity index (χ0v) is 20.6. The van der Waals surface area contributed by atoms with Gasteiger partial charge in [-0.2, -0.15) is 0 Å². The largest absolute Gasteiger partial charge is 0.497 e. The minimum atomic E-state index is -1.29. The number of hydrogen-bond donors (Lipinski definition) is 4. The third kappa shape index (κ3) is 5.39. The second kappa shape index (κ2) is 11.5. The first-order valence-electron chi connectivity index (χ1n) is 12.0. The first kappa shape index (κ1) is 25.4. The third-order valence-electron chi connectivity index (χ3n) is 6.09. The smallest absolute Gasteiger partial charge is 0.209 e. The average molecular weight is 518 g/mol. The van der Waals surface area contributed by atoms with Crippen LogP contribution in [-0.4, -0.2) is 73.5 Å². The van der Waals surface area contributed by atoms with Gasteiger partial charge in [-0.15, -0.1) is 0 Å². The maximum atomic E-state index is 10.6. The topological polar surface area (TPSA) is 144 Å². The number of rotatable bonds is 8. The molecule has 1 saturated heterocycles. The van der Waals surface area contributed by atoms with E-state index in [0.717, 1.165) is 11.3 Å². The van der Waals surface area contributed by atoms with E-state index < -0.39 is 31.1 Å². The predicted octanol–water partition coefficient (Wildman–Crippen LogP) is 1.49. The molecule has 5 rings (SSSR count). The fraction of sp³-hybridized carbons (Fsp3) is 0.296. The molecule has 3 heterocycles. The number of benzene rings is 2. The van der Waals surface area contributed by atoms with E-state index in [1.165, 1.54) is 10.9 Å². The van der Waals surface area contributed by atoms with Gasteiger partial charge in [-0.3, -0.25) is 4.57 Å². The molecule has 4 N–H and O–H groups in total. The van der Waals surface area contributed by atoms with Crippen LogP contribution in [0.3, 0.4) is 0 Å². The predicted molar refractivity (Wildman–Crippen MR) is 137 cm³/mol. The fourth-order valence-corrected chi connectivity index (χ4v) is 4.07. The van der Waals surface area contributed by atoms with Crippen LogP contribution in [0, 0.1) is 11.8 Å². The van der Waals surface area contributed by atoms with Crippen LogP contribution in [-0.2, 0) is 11.3 Å². The molecular formula is C27H27N5O6. The summed E-state index contributed by atoms with van der Waals surface area (Å²) in [5.41, 5.74) is 1.77. The lowest BCUT2D eigenvalue weighted by Crippen LogP contribution is -2.33. The molecule has 2 aromatic heterocycles. The molecular weight excluding hydrogens is 490 g/mol. The Morgan fingerprint density at radius 3 is 2.53 bits per heavy atom. The first-order chi connectivity index (χ1) is 18.6. The van der Waals surface area contributed by atoms with Crippen LogP contribution in [0.2, 0.25) is 0 Å². The van der Waals surface area contributed by atoms with Crippen LogP contribution < -0.4 is 14.8 Å². The van der Waals surface area contributed by atoms with Gasteiger partial charge in [0.1, 0.15) is 36.4 Å². The Balaban J connectivity index is 1.44. The molecule has 0 radical (unpaired) electrons. The summed E-state index contributed by atoms with van der Waals surface area (Å²) in [6, 6.07) is 16.9. The van der Waals surface area contributed by atoms with Gasteiger partial charge in [-0.25, -0.2) is 15.0 Å². The summed E-state index contributed by atoms with van der Waals surface area (Å²) in [6.45, 7) is 0.137. The number of anilines is 1. The van der Waals surface area contributed by atoms with Gasteiger partial charge in [0.05, 0.1) is 20.0 Å². The van der Waals surface area contributed by atoms with Crippen molar-refractivity contribution in [3.8, 4) is 23.3 Å². The van der Waals surface area contributed by atoms with Crippen LogP contribution in [0.5, 0.6) is 11.5 Å². The maximum Gasteiger partial charge on any atom is 0.209 e. The van der Waals surface area contributed by atoms with Crippen molar-refractivity contribution in [1.82, 2.24) is 19.5 Å². The highest BCUT2D eigenvalue weighted by Gasteiger charge is 2.44. The normalized spacial score (nSPS) is 20.6. The van der Waals surface area contributed by atoms with Crippen LogP contribution in [0.4, 0.5) is 5.82 Å². The van der Waals surface area contributed by atoms with Crippen molar-refractivity contribution in [3.63, 3.8) is 0 Å². The van der Waals surface area contributed by atoms with E-state index in [-0.39, 0.29) is 12.4 Å². The molecule has 1 unspecified atom stereocenters. The number of ether oxygens (including phenoxy) is 3. The Labute approximate surface area is 218 Å². The number of fused-ring (bicyclic) bond motifs is 1. The molecule has 38 heavy (non-hydrogen) atoms. The molecule has 0 aliphatic carbocycles. The monoisotopic (exact) mass is 517 g/mol. The number of aliphatic hydroxyl groups excluding tert-OH is 3. The summed E-state index contributed by atoms with van der Waals surface area (Å²) in [5, 5.41) is 33.6. The Kier molecular flexibility index (Phi) is 7.67. The minimum Gasteiger partial charge on any atom is -0.497 e. The highest BCUT2D eigenvalue weighted by Crippen LogP contribution is 2.32. The quantitative estimate of drug-likeness (QED) is 0.254. The number of imidazole rings is 1. The standard InChI is InChI=1S/C27H27N5O6/c1-36-18-11-9-17(10-12-18)14-28-25-22-26(32(16-29-22)27-24(35)23(34)20(15-33)38-27)31-21(30-25)8-5-13-37-19-6-3-2-4-7-19/h2-4,6-7,9-12,16,20,23-24,27,33-35H,13-15H2,1H3,(H,28,30,31)/t20?,23-,24-,27-/m1/s1. The number of nitrogens with zero attached hydrogens (tertiary/aromatic N) is 4. The molecule has 1 aliphatic rings. The second-order valence-corrected chi connectivity index (χ2v) is 8.55. The van der Waals surface area contributed by atoms with Gasteiger partial charge < -0.3 is 34.8 Å². The van der Waals surface area contributed by atoms with Crippen molar-refractivity contribution in [2.45, 2.75) is 31.1 Å². The van der Waals surface area contributed by atoms with Crippen molar-refractivity contribution < 1.29 is 29.5 Å². The van der Waals surface area contributed by atoms with E-state index in [2.05, 4.69) is 32.1 Å². The van der Waals surface area contributed by atoms with Crippen molar-refractivity contribution in [1.29, 1.82) is 0 Å². The molecule has 196 valence electrons. The average Bonchev–Trinajstić information content (AvgIpc) is 3.50. The second-order valence-electron chi connectivity index (χ2n) is 8.55. The van der Waals surface area contributed by atoms with E-state index in [4.69, 9.17) is 14.2 Å². The maximum absolute atomic E-state index is 10.6. The lowest BCUT2D eigenvalue weighted by atomic mass is 10.1. The highest BCUT2D eigenvalue weighted by atomic mass is 16.6. The van der Waals surface area contributed by atoms with Gasteiger partial charge in [-0.1, -0.05) is 36.3 Å². The number of hydrogen-bond acceptors (Lipinski definition) is 10. The zero-order chi connectivity index (χ0) is 26.5. The molecule has 0 saturated carbocycles. The summed E-state index contributed by atoms with van der Waals surface area (Å²) in [4.78, 5) is 13.5. The molecule has 0 spiro atoms. The molecule has 0 bridgehead atoms. The minimum absolute atomic E-state index is 0.133. The van der Waals surface area contributed by atoms with Gasteiger partial charge in [0.25, 0.3) is 0 Å². The highest BCUT2D eigenvalue weighted by molar-refractivity contribution is 5.83. The van der Waals surface area contributed by atoms with Crippen LogP contribution in [0.25, 0.3) is 11.2 Å². The van der Waals surface area contributed by atoms with Gasteiger partial charge in [0.15, 0.2) is 23.2 Å². The van der Waals surface area contributed by atoms with Crippen LogP contribution in [0.1, 0.15) is 17.6 Å². The van der Waals surface area contributed by atoms with E-state index in [1.807, 2.05) is 54.6 Å². The lowest BCUT2D eigenvalue weighted by molar-refractivity contribution is -0.0511. The molecule has 0 amide bonds. The van der Waals surface area contributed by atoms with Crippen molar-refractivity contribution in [3.05, 3.63) is 72.3 Å². The number of aliphatic hydroxyl groups is 3. The van der Waals surface area contributed by atoms with Crippen molar-refractivity contribution >= 4 is 17.0 Å². The molecule has 2 aromatic carbocycles. The van der Waals surface area contributed by atoms with Gasteiger partial charge >= 0.3 is 0 Å². The molecule has 1 aliphatic heterocycles. The van der Waals surface area contributed by atoms with E-state index in [9.17, 15) is 15.3 Å². The number of nitrogens with one attached hydrogen (secondary N) is 1. The fourth-order valence-electron chi connectivity index (χ4n) is 4.07. The summed E-state index contributed by atoms with van der Waals surface area (Å²) >= 11 is 0. The van der Waals surface area contributed by atoms with Crippen LogP contribution >= 0.6 is 0 Å². The van der Waals surface area contributed by atoms with Gasteiger partial charge in [0, 0.05) is 6.54 Å². The third-order valence-corrected chi connectivity index (χ3v) is 6.09. The summed E-state index contributed by atoms with van der Waals surface area (Å²) in [5.74, 6) is 7.94. The van der Waals surface area contributed by atoms with E-state index in [0.29, 0.717) is 29.3 Å². The lowest BCUT2D eigenvalue weighted by Gasteiger charge is -2.16. The first-order valence-corrected chi connectivity index (χ1v) is 12.0.